The van der Waals surface area contributed by atoms with E-state index in [0.717, 1.165) is 50.8 Å². The summed E-state index contributed by atoms with van der Waals surface area (Å²) in [6.45, 7) is 7.32. The summed E-state index contributed by atoms with van der Waals surface area (Å²) in [6, 6.07) is 2.16. The van der Waals surface area contributed by atoms with E-state index in [2.05, 4.69) is 44.3 Å². The van der Waals surface area contributed by atoms with Gasteiger partial charge in [-0.05, 0) is 31.2 Å². The van der Waals surface area contributed by atoms with Crippen molar-refractivity contribution < 1.29 is 4.79 Å². The van der Waals surface area contributed by atoms with Crippen molar-refractivity contribution in [2.45, 2.75) is 58.4 Å². The number of hydrogen-bond acceptors (Lipinski definition) is 5. The van der Waals surface area contributed by atoms with Crippen molar-refractivity contribution in [1.29, 1.82) is 0 Å². The second kappa shape index (κ2) is 15.2. The predicted octanol–water partition coefficient (Wildman–Crippen LogP) is 2.90. The minimum Gasteiger partial charge on any atom is -0.356 e. The molecule has 1 aliphatic rings. The van der Waals surface area contributed by atoms with Crippen LogP contribution in [0.5, 0.6) is 0 Å². The highest BCUT2D eigenvalue weighted by molar-refractivity contribution is 14.0. The smallest absolute Gasteiger partial charge is 0.243 e. The first-order chi connectivity index (χ1) is 14.5. The van der Waals surface area contributed by atoms with Crippen molar-refractivity contribution in [2.75, 3.05) is 45.2 Å². The van der Waals surface area contributed by atoms with E-state index in [9.17, 15) is 4.79 Å². The van der Waals surface area contributed by atoms with Crippen LogP contribution in [0, 0.1) is 5.92 Å². The van der Waals surface area contributed by atoms with Crippen molar-refractivity contribution in [3.8, 4) is 0 Å². The minimum absolute atomic E-state index is 0. The number of nitrogens with one attached hydrogen (secondary N) is 2. The topological polar surface area (TPSA) is 85.8 Å². The molecule has 9 heteroatoms. The molecule has 0 spiro atoms. The molecule has 1 amide bonds. The summed E-state index contributed by atoms with van der Waals surface area (Å²) >= 11 is 0. The number of anilines is 1. The number of aliphatic imine (C=N–C) groups is 1. The maximum atomic E-state index is 12.0. The van der Waals surface area contributed by atoms with Gasteiger partial charge in [0, 0.05) is 52.2 Å². The van der Waals surface area contributed by atoms with Crippen LogP contribution in [0.15, 0.2) is 23.5 Å². The molecule has 0 aliphatic carbocycles. The van der Waals surface area contributed by atoms with Gasteiger partial charge in [0.25, 0.3) is 0 Å². The molecule has 0 saturated carbocycles. The number of unbranched alkanes of at least 4 members (excludes halogenated alkanes) is 1. The Morgan fingerprint density at radius 1 is 1.26 bits per heavy atom. The third kappa shape index (κ3) is 10.0. The van der Waals surface area contributed by atoms with E-state index in [-0.39, 0.29) is 36.4 Å². The first-order valence-electron chi connectivity index (χ1n) is 11.3. The second-order valence-electron chi connectivity index (χ2n) is 8.20. The fraction of sp³-hybridized carbons (Fsp3) is 0.727. The number of hydrogen-bond donors (Lipinski definition) is 2. The molecular weight excluding hydrogens is 505 g/mol. The second-order valence-corrected chi connectivity index (χ2v) is 8.20. The van der Waals surface area contributed by atoms with Crippen molar-refractivity contribution in [1.82, 2.24) is 25.5 Å². The zero-order chi connectivity index (χ0) is 21.8. The molecular formula is C22H40IN7O. The van der Waals surface area contributed by atoms with Gasteiger partial charge < -0.3 is 20.4 Å². The fourth-order valence-electron chi connectivity index (χ4n) is 3.50. The molecule has 1 aromatic heterocycles. The van der Waals surface area contributed by atoms with Gasteiger partial charge >= 0.3 is 0 Å². The summed E-state index contributed by atoms with van der Waals surface area (Å²) in [5, 5.41) is 7.05. The lowest BCUT2D eigenvalue weighted by Crippen LogP contribution is -2.50. The fourth-order valence-corrected chi connectivity index (χ4v) is 3.50. The van der Waals surface area contributed by atoms with Crippen LogP contribution in [0.2, 0.25) is 0 Å². The van der Waals surface area contributed by atoms with Crippen molar-refractivity contribution in [3.05, 3.63) is 18.5 Å². The molecule has 1 atom stereocenters. The first-order valence-corrected chi connectivity index (χ1v) is 11.3. The van der Waals surface area contributed by atoms with Crippen LogP contribution in [0.4, 0.5) is 5.95 Å². The molecule has 2 N–H and O–H groups in total. The molecule has 8 nitrogen and oxygen atoms in total. The number of likely N-dealkylation sites (N-methyl/N-ethyl adjacent to an activating group) is 1. The lowest BCUT2D eigenvalue weighted by Gasteiger charge is -2.33. The molecule has 0 radical (unpaired) electrons. The zero-order valence-corrected chi connectivity index (χ0v) is 21.8. The third-order valence-electron chi connectivity index (χ3n) is 5.64. The van der Waals surface area contributed by atoms with Crippen LogP contribution in [0.3, 0.4) is 0 Å². The Labute approximate surface area is 204 Å². The van der Waals surface area contributed by atoms with Gasteiger partial charge in [0.05, 0.1) is 0 Å². The maximum absolute atomic E-state index is 12.0. The van der Waals surface area contributed by atoms with Crippen LogP contribution < -0.4 is 15.5 Å². The average Bonchev–Trinajstić information content (AvgIpc) is 2.78. The number of nitrogens with zero attached hydrogens (tertiary/aromatic N) is 5. The Balaban J connectivity index is 0.00000480. The Hall–Kier alpha value is -1.65. The summed E-state index contributed by atoms with van der Waals surface area (Å²) in [5.41, 5.74) is 0. The van der Waals surface area contributed by atoms with Crippen molar-refractivity contribution in [2.24, 2.45) is 10.9 Å². The first kappa shape index (κ1) is 27.4. The Bertz CT molecular complexity index is 649. The normalized spacial score (nSPS) is 15.7. The number of piperidine rings is 1. The lowest BCUT2D eigenvalue weighted by molar-refractivity contribution is -0.127. The highest BCUT2D eigenvalue weighted by Crippen LogP contribution is 2.15. The summed E-state index contributed by atoms with van der Waals surface area (Å²) in [4.78, 5) is 29.1. The van der Waals surface area contributed by atoms with Gasteiger partial charge in [-0.15, -0.1) is 24.0 Å². The number of aromatic nitrogens is 2. The molecule has 0 bridgehead atoms. The van der Waals surface area contributed by atoms with E-state index < -0.39 is 0 Å². The summed E-state index contributed by atoms with van der Waals surface area (Å²) in [7, 11) is 3.52. The molecule has 2 rings (SSSR count). The van der Waals surface area contributed by atoms with Gasteiger partial charge in [-0.25, -0.2) is 15.0 Å². The van der Waals surface area contributed by atoms with Gasteiger partial charge in [0.2, 0.25) is 11.9 Å². The van der Waals surface area contributed by atoms with E-state index in [1.54, 1.807) is 31.4 Å². The zero-order valence-electron chi connectivity index (χ0n) is 19.5. The SMILES string of the molecule is CCCCC(CC)CNC(=NCC(=O)N(C)C)NC1CCN(c2ncccn2)CC1.I. The molecule has 1 saturated heterocycles. The third-order valence-corrected chi connectivity index (χ3v) is 5.64. The molecule has 1 unspecified atom stereocenters. The summed E-state index contributed by atoms with van der Waals surface area (Å²) in [6.07, 6.45) is 10.4. The Morgan fingerprint density at radius 3 is 2.52 bits per heavy atom. The standard InChI is InChI=1S/C22H39N7O.HI/c1-5-7-9-18(6-2)16-25-21(26-17-20(30)28(3)4)27-19-10-14-29(15-11-19)22-23-12-8-13-24-22;/h8,12-13,18-19H,5-7,9-11,14-17H2,1-4H3,(H2,25,26,27);1H. The van der Waals surface area contributed by atoms with E-state index in [4.69, 9.17) is 0 Å². The monoisotopic (exact) mass is 545 g/mol. The number of guanidine groups is 1. The van der Waals surface area contributed by atoms with Gasteiger partial charge in [-0.1, -0.05) is 33.1 Å². The number of halogens is 1. The van der Waals surface area contributed by atoms with Crippen LogP contribution in [-0.4, -0.2) is 73.1 Å². The molecule has 176 valence electrons. The molecule has 0 aromatic carbocycles. The summed E-state index contributed by atoms with van der Waals surface area (Å²) in [5.74, 6) is 2.17. The van der Waals surface area contributed by atoms with Gasteiger partial charge in [0.1, 0.15) is 6.54 Å². The Kier molecular flexibility index (Phi) is 13.4. The van der Waals surface area contributed by atoms with Gasteiger partial charge in [-0.2, -0.15) is 0 Å². The van der Waals surface area contributed by atoms with E-state index in [0.29, 0.717) is 12.0 Å². The van der Waals surface area contributed by atoms with Crippen LogP contribution in [-0.2, 0) is 4.79 Å². The quantitative estimate of drug-likeness (QED) is 0.267. The predicted molar refractivity (Wildman–Crippen MR) is 138 cm³/mol. The maximum Gasteiger partial charge on any atom is 0.243 e. The highest BCUT2D eigenvalue weighted by Gasteiger charge is 2.22. The molecule has 31 heavy (non-hydrogen) atoms. The molecule has 1 fully saturated rings. The average molecular weight is 546 g/mol. The Morgan fingerprint density at radius 2 is 1.94 bits per heavy atom. The minimum atomic E-state index is 0. The number of carbonyl (C=O) groups is 1. The number of carbonyl (C=O) groups excluding carboxylic acids is 1. The van der Waals surface area contributed by atoms with E-state index in [1.165, 1.54) is 19.3 Å². The van der Waals surface area contributed by atoms with E-state index >= 15 is 0 Å². The summed E-state index contributed by atoms with van der Waals surface area (Å²) < 4.78 is 0. The molecule has 1 aliphatic heterocycles. The van der Waals surface area contributed by atoms with E-state index in [1.807, 2.05) is 6.07 Å². The largest absolute Gasteiger partial charge is 0.356 e. The van der Waals surface area contributed by atoms with Crippen molar-refractivity contribution >= 4 is 41.8 Å². The van der Waals surface area contributed by atoms with Crippen LogP contribution in [0.1, 0.15) is 52.4 Å². The van der Waals surface area contributed by atoms with Crippen LogP contribution in [0.25, 0.3) is 0 Å². The van der Waals surface area contributed by atoms with Crippen molar-refractivity contribution in [3.63, 3.8) is 0 Å². The van der Waals surface area contributed by atoms with Gasteiger partial charge in [-0.3, -0.25) is 4.79 Å². The lowest BCUT2D eigenvalue weighted by atomic mass is 9.99. The molecule has 2 heterocycles. The highest BCUT2D eigenvalue weighted by atomic mass is 127. The van der Waals surface area contributed by atoms with Gasteiger partial charge in [0.15, 0.2) is 5.96 Å². The van der Waals surface area contributed by atoms with Crippen LogP contribution >= 0.6 is 24.0 Å². The number of amides is 1. The molecule has 1 aromatic rings. The number of rotatable bonds is 10.